The highest BCUT2D eigenvalue weighted by molar-refractivity contribution is 6.35. The Bertz CT molecular complexity index is 457. The minimum Gasteiger partial charge on any atom is -0.322 e. The van der Waals surface area contributed by atoms with E-state index in [0.717, 1.165) is 0 Å². The van der Waals surface area contributed by atoms with Crippen LogP contribution in [0.4, 0.5) is 10.5 Å². The number of carbonyl (C=O) groups excluding carboxylic acids is 1. The lowest BCUT2D eigenvalue weighted by Gasteiger charge is -2.11. The molecule has 0 aromatic heterocycles. The summed E-state index contributed by atoms with van der Waals surface area (Å²) in [5, 5.41) is 14.6. The van der Waals surface area contributed by atoms with E-state index in [1.807, 2.05) is 6.07 Å². The number of nitriles is 1. The van der Waals surface area contributed by atoms with Crippen molar-refractivity contribution in [2.75, 3.05) is 5.32 Å². The molecule has 17 heavy (non-hydrogen) atoms. The van der Waals surface area contributed by atoms with Crippen molar-refractivity contribution in [2.45, 2.75) is 19.4 Å². The van der Waals surface area contributed by atoms with Crippen LogP contribution in [-0.2, 0) is 0 Å². The molecule has 90 valence electrons. The number of nitrogens with zero attached hydrogens (tertiary/aromatic N) is 1. The maximum Gasteiger partial charge on any atom is 0.320 e. The summed E-state index contributed by atoms with van der Waals surface area (Å²) in [5.41, 5.74) is 0.407. The molecule has 0 heterocycles. The van der Waals surface area contributed by atoms with E-state index >= 15 is 0 Å². The maximum absolute atomic E-state index is 11.5. The van der Waals surface area contributed by atoms with Crippen molar-refractivity contribution >= 4 is 34.9 Å². The molecule has 0 spiro atoms. The number of carbonyl (C=O) groups is 1. The summed E-state index contributed by atoms with van der Waals surface area (Å²) in [7, 11) is 0. The first-order valence-corrected chi connectivity index (χ1v) is 5.74. The van der Waals surface area contributed by atoms with Gasteiger partial charge in [0.05, 0.1) is 16.8 Å². The zero-order valence-corrected chi connectivity index (χ0v) is 10.6. The highest BCUT2D eigenvalue weighted by Crippen LogP contribution is 2.25. The number of nitrogens with one attached hydrogen (secondary N) is 2. The van der Waals surface area contributed by atoms with Crippen molar-refractivity contribution in [1.82, 2.24) is 5.32 Å². The standard InChI is InChI=1S/C11H11Cl2N3O/c1-2-8(6-14)15-11(17)16-10-5-7(12)3-4-9(10)13/h3-5,8H,2H2,1H3,(H2,15,16,17). The van der Waals surface area contributed by atoms with Crippen molar-refractivity contribution < 1.29 is 4.79 Å². The lowest BCUT2D eigenvalue weighted by atomic mass is 10.2. The Balaban J connectivity index is 2.68. The molecule has 2 N–H and O–H groups in total. The summed E-state index contributed by atoms with van der Waals surface area (Å²) in [5.74, 6) is 0. The molecule has 0 saturated carbocycles. The minimum absolute atomic E-state index is 0.384. The van der Waals surface area contributed by atoms with E-state index in [4.69, 9.17) is 28.5 Å². The monoisotopic (exact) mass is 271 g/mol. The van der Waals surface area contributed by atoms with Gasteiger partial charge in [-0.3, -0.25) is 0 Å². The number of anilines is 1. The second-order valence-corrected chi connectivity index (χ2v) is 4.16. The molecule has 0 radical (unpaired) electrons. The van der Waals surface area contributed by atoms with E-state index in [9.17, 15) is 4.79 Å². The first kappa shape index (κ1) is 13.6. The summed E-state index contributed by atoms with van der Waals surface area (Å²) in [6.07, 6.45) is 0.535. The Morgan fingerprint density at radius 3 is 2.82 bits per heavy atom. The third kappa shape index (κ3) is 4.14. The van der Waals surface area contributed by atoms with Crippen LogP contribution in [0.1, 0.15) is 13.3 Å². The molecule has 0 aliphatic heterocycles. The van der Waals surface area contributed by atoms with Gasteiger partial charge in [-0.2, -0.15) is 5.26 Å². The van der Waals surface area contributed by atoms with E-state index < -0.39 is 12.1 Å². The zero-order chi connectivity index (χ0) is 12.8. The fraction of sp³-hybridized carbons (Fsp3) is 0.273. The molecule has 0 saturated heterocycles. The first-order valence-electron chi connectivity index (χ1n) is 4.99. The van der Waals surface area contributed by atoms with E-state index in [2.05, 4.69) is 10.6 Å². The maximum atomic E-state index is 11.5. The number of benzene rings is 1. The molecule has 0 aliphatic rings. The average molecular weight is 272 g/mol. The molecule has 1 aromatic carbocycles. The van der Waals surface area contributed by atoms with Crippen LogP contribution in [0.15, 0.2) is 18.2 Å². The number of amides is 2. The highest BCUT2D eigenvalue weighted by atomic mass is 35.5. The fourth-order valence-electron chi connectivity index (χ4n) is 1.14. The lowest BCUT2D eigenvalue weighted by molar-refractivity contribution is 0.250. The molecular weight excluding hydrogens is 261 g/mol. The second kappa shape index (κ2) is 6.33. The van der Waals surface area contributed by atoms with E-state index in [1.165, 1.54) is 6.07 Å². The van der Waals surface area contributed by atoms with Crippen molar-refractivity contribution in [3.05, 3.63) is 28.2 Å². The molecule has 0 aliphatic carbocycles. The second-order valence-electron chi connectivity index (χ2n) is 3.31. The molecule has 1 atom stereocenters. The first-order chi connectivity index (χ1) is 8.06. The predicted octanol–water partition coefficient (Wildman–Crippen LogP) is 3.42. The predicted molar refractivity (Wildman–Crippen MR) is 68.3 cm³/mol. The summed E-state index contributed by atoms with van der Waals surface area (Å²) >= 11 is 11.7. The van der Waals surface area contributed by atoms with Crippen LogP contribution in [0.25, 0.3) is 0 Å². The molecule has 6 heteroatoms. The number of rotatable bonds is 3. The smallest absolute Gasteiger partial charge is 0.320 e. The Morgan fingerprint density at radius 1 is 1.53 bits per heavy atom. The lowest BCUT2D eigenvalue weighted by Crippen LogP contribution is -2.36. The van der Waals surface area contributed by atoms with Gasteiger partial charge >= 0.3 is 6.03 Å². The Labute approximate surface area is 110 Å². The van der Waals surface area contributed by atoms with E-state index in [1.54, 1.807) is 19.1 Å². The van der Waals surface area contributed by atoms with Gasteiger partial charge in [-0.25, -0.2) is 4.79 Å². The van der Waals surface area contributed by atoms with E-state index in [0.29, 0.717) is 22.2 Å². The molecule has 4 nitrogen and oxygen atoms in total. The van der Waals surface area contributed by atoms with Crippen molar-refractivity contribution in [3.8, 4) is 6.07 Å². The van der Waals surface area contributed by atoms with Crippen molar-refractivity contribution in [1.29, 1.82) is 5.26 Å². The Morgan fingerprint density at radius 2 is 2.24 bits per heavy atom. The van der Waals surface area contributed by atoms with Crippen LogP contribution in [0.5, 0.6) is 0 Å². The van der Waals surface area contributed by atoms with Gasteiger partial charge in [0.1, 0.15) is 6.04 Å². The van der Waals surface area contributed by atoms with Crippen LogP contribution in [0.3, 0.4) is 0 Å². The normalized spacial score (nSPS) is 11.4. The van der Waals surface area contributed by atoms with Gasteiger partial charge in [-0.05, 0) is 24.6 Å². The fourth-order valence-corrected chi connectivity index (χ4v) is 1.47. The van der Waals surface area contributed by atoms with Gasteiger partial charge in [0.25, 0.3) is 0 Å². The number of hydrogen-bond donors (Lipinski definition) is 2. The Kier molecular flexibility index (Phi) is 5.08. The van der Waals surface area contributed by atoms with Crippen LogP contribution >= 0.6 is 23.2 Å². The highest BCUT2D eigenvalue weighted by Gasteiger charge is 2.10. The number of halogens is 2. The molecule has 1 unspecified atom stereocenters. The van der Waals surface area contributed by atoms with Gasteiger partial charge in [0.2, 0.25) is 0 Å². The third-order valence-corrected chi connectivity index (χ3v) is 2.61. The largest absolute Gasteiger partial charge is 0.322 e. The van der Waals surface area contributed by atoms with Crippen LogP contribution in [-0.4, -0.2) is 12.1 Å². The van der Waals surface area contributed by atoms with Crippen LogP contribution < -0.4 is 10.6 Å². The number of hydrogen-bond acceptors (Lipinski definition) is 2. The van der Waals surface area contributed by atoms with Gasteiger partial charge < -0.3 is 10.6 Å². The third-order valence-electron chi connectivity index (χ3n) is 2.05. The quantitative estimate of drug-likeness (QED) is 0.885. The summed E-state index contributed by atoms with van der Waals surface area (Å²) in [6, 6.07) is 5.70. The van der Waals surface area contributed by atoms with Crippen molar-refractivity contribution in [2.24, 2.45) is 0 Å². The topological polar surface area (TPSA) is 64.9 Å². The van der Waals surface area contributed by atoms with Gasteiger partial charge in [0, 0.05) is 5.02 Å². The summed E-state index contributed by atoms with van der Waals surface area (Å²) in [6.45, 7) is 1.81. The SMILES string of the molecule is CCC(C#N)NC(=O)Nc1cc(Cl)ccc1Cl. The molecule has 0 bridgehead atoms. The molecule has 1 rings (SSSR count). The molecule has 0 fully saturated rings. The van der Waals surface area contributed by atoms with Gasteiger partial charge in [-0.15, -0.1) is 0 Å². The molecule has 1 aromatic rings. The van der Waals surface area contributed by atoms with Crippen LogP contribution in [0, 0.1) is 11.3 Å². The zero-order valence-electron chi connectivity index (χ0n) is 9.13. The molecular formula is C11H11Cl2N3O. The summed E-state index contributed by atoms with van der Waals surface area (Å²) in [4.78, 5) is 11.5. The number of urea groups is 1. The summed E-state index contributed by atoms with van der Waals surface area (Å²) < 4.78 is 0. The van der Waals surface area contributed by atoms with Gasteiger partial charge in [-0.1, -0.05) is 30.1 Å². The minimum atomic E-state index is -0.520. The average Bonchev–Trinajstić information content (AvgIpc) is 2.31. The van der Waals surface area contributed by atoms with E-state index in [-0.39, 0.29) is 0 Å². The molecule has 2 amide bonds. The van der Waals surface area contributed by atoms with Crippen LogP contribution in [0.2, 0.25) is 10.0 Å². The van der Waals surface area contributed by atoms with Gasteiger partial charge in [0.15, 0.2) is 0 Å². The van der Waals surface area contributed by atoms with Crippen molar-refractivity contribution in [3.63, 3.8) is 0 Å². The Hall–Kier alpha value is -1.44.